The maximum absolute atomic E-state index is 13.3. The molecular formula is C26H24N2O2. The second-order valence-corrected chi connectivity index (χ2v) is 7.53. The van der Waals surface area contributed by atoms with Crippen molar-refractivity contribution >= 4 is 22.6 Å². The molecule has 4 heteroatoms. The summed E-state index contributed by atoms with van der Waals surface area (Å²) in [6.45, 7) is 1.90. The number of aromatic nitrogens is 1. The number of benzene rings is 3. The number of hydrogen-bond donors (Lipinski definition) is 2. The molecule has 1 aromatic heterocycles. The second kappa shape index (κ2) is 8.78. The van der Waals surface area contributed by atoms with Gasteiger partial charge in [-0.05, 0) is 47.6 Å². The van der Waals surface area contributed by atoms with Gasteiger partial charge in [0.1, 0.15) is 0 Å². The molecule has 3 aromatic carbocycles. The molecular weight excluding hydrogens is 372 g/mol. The lowest BCUT2D eigenvalue weighted by atomic mass is 9.96. The lowest BCUT2D eigenvalue weighted by Crippen LogP contribution is -2.43. The van der Waals surface area contributed by atoms with Gasteiger partial charge in [-0.15, -0.1) is 0 Å². The third-order valence-corrected chi connectivity index (χ3v) is 5.40. The fraction of sp³-hybridized carbons (Fsp3) is 0.154. The first-order valence-corrected chi connectivity index (χ1v) is 10.1. The fourth-order valence-electron chi connectivity index (χ4n) is 3.77. The van der Waals surface area contributed by atoms with Crippen LogP contribution in [0.4, 0.5) is 0 Å². The first-order valence-electron chi connectivity index (χ1n) is 10.1. The highest BCUT2D eigenvalue weighted by Gasteiger charge is 2.23. The Balaban J connectivity index is 1.59. The number of carbonyl (C=O) groups excluding carboxylic acids is 2. The van der Waals surface area contributed by atoms with Crippen LogP contribution in [0.2, 0.25) is 0 Å². The highest BCUT2D eigenvalue weighted by atomic mass is 16.2. The molecule has 150 valence electrons. The van der Waals surface area contributed by atoms with Crippen LogP contribution in [0.25, 0.3) is 10.9 Å². The van der Waals surface area contributed by atoms with Gasteiger partial charge >= 0.3 is 0 Å². The van der Waals surface area contributed by atoms with Crippen LogP contribution in [0.3, 0.4) is 0 Å². The summed E-state index contributed by atoms with van der Waals surface area (Å²) < 4.78 is 0. The zero-order valence-corrected chi connectivity index (χ0v) is 16.9. The van der Waals surface area contributed by atoms with E-state index in [4.69, 9.17) is 0 Å². The van der Waals surface area contributed by atoms with Gasteiger partial charge in [0.05, 0.1) is 6.04 Å². The topological polar surface area (TPSA) is 62.0 Å². The highest BCUT2D eigenvalue weighted by Crippen LogP contribution is 2.19. The number of H-pyrrole nitrogens is 1. The number of para-hydroxylation sites is 1. The van der Waals surface area contributed by atoms with Crippen LogP contribution in [0.5, 0.6) is 0 Å². The predicted molar refractivity (Wildman–Crippen MR) is 120 cm³/mol. The van der Waals surface area contributed by atoms with Crippen molar-refractivity contribution in [3.63, 3.8) is 0 Å². The minimum atomic E-state index is -0.607. The van der Waals surface area contributed by atoms with Crippen molar-refractivity contribution < 1.29 is 9.59 Å². The molecule has 4 nitrogen and oxygen atoms in total. The zero-order chi connectivity index (χ0) is 20.9. The monoisotopic (exact) mass is 396 g/mol. The van der Waals surface area contributed by atoms with E-state index in [1.807, 2.05) is 85.9 Å². The van der Waals surface area contributed by atoms with Crippen LogP contribution in [0, 0.1) is 6.92 Å². The number of ketones is 1. The summed E-state index contributed by atoms with van der Waals surface area (Å²) in [5, 5.41) is 4.06. The Morgan fingerprint density at radius 1 is 0.900 bits per heavy atom. The Labute approximate surface area is 175 Å². The summed E-state index contributed by atoms with van der Waals surface area (Å²) >= 11 is 0. The smallest absolute Gasteiger partial charge is 0.252 e. The van der Waals surface area contributed by atoms with Gasteiger partial charge < -0.3 is 10.3 Å². The Morgan fingerprint density at radius 3 is 2.47 bits per heavy atom. The Hall–Kier alpha value is -3.66. The number of carbonyl (C=O) groups is 2. The first-order chi connectivity index (χ1) is 14.6. The van der Waals surface area contributed by atoms with Crippen molar-refractivity contribution in [1.82, 2.24) is 10.3 Å². The minimum Gasteiger partial charge on any atom is -0.361 e. The molecule has 0 fully saturated rings. The van der Waals surface area contributed by atoms with Gasteiger partial charge in [-0.25, -0.2) is 0 Å². The van der Waals surface area contributed by atoms with E-state index >= 15 is 0 Å². The molecule has 0 radical (unpaired) electrons. The van der Waals surface area contributed by atoms with Crippen LogP contribution in [-0.2, 0) is 17.6 Å². The molecule has 0 saturated carbocycles. The van der Waals surface area contributed by atoms with Crippen LogP contribution in [0.15, 0.2) is 85.1 Å². The fourth-order valence-corrected chi connectivity index (χ4v) is 3.77. The molecule has 2 N–H and O–H groups in total. The third kappa shape index (κ3) is 4.33. The van der Waals surface area contributed by atoms with Crippen molar-refractivity contribution in [1.29, 1.82) is 0 Å². The number of fused-ring (bicyclic) bond motifs is 1. The number of hydrogen-bond acceptors (Lipinski definition) is 2. The van der Waals surface area contributed by atoms with Crippen molar-refractivity contribution in [2.45, 2.75) is 25.8 Å². The minimum absolute atomic E-state index is 0.0112. The van der Waals surface area contributed by atoms with Gasteiger partial charge in [0, 0.05) is 23.7 Å². The molecule has 0 aliphatic carbocycles. The van der Waals surface area contributed by atoms with E-state index in [-0.39, 0.29) is 18.1 Å². The second-order valence-electron chi connectivity index (χ2n) is 7.53. The summed E-state index contributed by atoms with van der Waals surface area (Å²) in [5.74, 6) is -0.233. The van der Waals surface area contributed by atoms with Crippen molar-refractivity contribution in [3.05, 3.63) is 107 Å². The molecule has 0 spiro atoms. The molecule has 0 aliphatic heterocycles. The van der Waals surface area contributed by atoms with Gasteiger partial charge in [-0.2, -0.15) is 0 Å². The van der Waals surface area contributed by atoms with E-state index in [9.17, 15) is 9.59 Å². The van der Waals surface area contributed by atoms with Crippen LogP contribution < -0.4 is 5.32 Å². The Morgan fingerprint density at radius 2 is 1.67 bits per heavy atom. The quantitative estimate of drug-likeness (QED) is 0.478. The Bertz CT molecular complexity index is 1180. The lowest BCUT2D eigenvalue weighted by Gasteiger charge is -2.19. The molecule has 0 aliphatic rings. The molecule has 0 bridgehead atoms. The van der Waals surface area contributed by atoms with Gasteiger partial charge in [-0.3, -0.25) is 9.59 Å². The number of nitrogens with one attached hydrogen (secondary N) is 2. The number of aromatic amines is 1. The van der Waals surface area contributed by atoms with E-state index in [0.29, 0.717) is 12.0 Å². The SMILES string of the molecule is Cc1ccccc1C(=O)NC(Cc1ccccc1)C(=O)Cc1cccc2cc[nH]c12. The van der Waals surface area contributed by atoms with Gasteiger partial charge in [0.2, 0.25) is 0 Å². The summed E-state index contributed by atoms with van der Waals surface area (Å²) in [5.41, 5.74) is 4.39. The van der Waals surface area contributed by atoms with Crippen LogP contribution >= 0.6 is 0 Å². The normalized spacial score (nSPS) is 11.9. The average Bonchev–Trinajstić information content (AvgIpc) is 3.24. The summed E-state index contributed by atoms with van der Waals surface area (Å²) in [7, 11) is 0. The molecule has 1 heterocycles. The molecule has 30 heavy (non-hydrogen) atoms. The van der Waals surface area contributed by atoms with Crippen molar-refractivity contribution in [2.75, 3.05) is 0 Å². The highest BCUT2D eigenvalue weighted by molar-refractivity contribution is 6.00. The third-order valence-electron chi connectivity index (χ3n) is 5.40. The van der Waals surface area contributed by atoms with E-state index in [0.717, 1.165) is 27.6 Å². The molecule has 4 rings (SSSR count). The molecule has 0 saturated heterocycles. The Kier molecular flexibility index (Phi) is 5.75. The number of aryl methyl sites for hydroxylation is 1. The largest absolute Gasteiger partial charge is 0.361 e. The summed E-state index contributed by atoms with van der Waals surface area (Å²) in [6.07, 6.45) is 2.58. The first kappa shape index (κ1) is 19.6. The lowest BCUT2D eigenvalue weighted by molar-refractivity contribution is -0.120. The van der Waals surface area contributed by atoms with E-state index in [2.05, 4.69) is 10.3 Å². The molecule has 1 unspecified atom stereocenters. The maximum Gasteiger partial charge on any atom is 0.252 e. The average molecular weight is 396 g/mol. The van der Waals surface area contributed by atoms with Gasteiger partial charge in [0.25, 0.3) is 5.91 Å². The van der Waals surface area contributed by atoms with Crippen LogP contribution in [-0.4, -0.2) is 22.7 Å². The van der Waals surface area contributed by atoms with Gasteiger partial charge in [0.15, 0.2) is 5.78 Å². The number of amides is 1. The van der Waals surface area contributed by atoms with E-state index in [1.165, 1.54) is 0 Å². The van der Waals surface area contributed by atoms with Crippen molar-refractivity contribution in [2.24, 2.45) is 0 Å². The molecule has 1 atom stereocenters. The van der Waals surface area contributed by atoms with E-state index < -0.39 is 6.04 Å². The van der Waals surface area contributed by atoms with E-state index in [1.54, 1.807) is 6.07 Å². The number of Topliss-reactive ketones (excluding diaryl/α,β-unsaturated/α-hetero) is 1. The number of rotatable bonds is 7. The molecule has 4 aromatic rings. The predicted octanol–water partition coefficient (Wildman–Crippen LogP) is 4.63. The summed E-state index contributed by atoms with van der Waals surface area (Å²) in [6, 6.07) is 24.5. The maximum atomic E-state index is 13.3. The zero-order valence-electron chi connectivity index (χ0n) is 16.9. The van der Waals surface area contributed by atoms with Crippen molar-refractivity contribution in [3.8, 4) is 0 Å². The van der Waals surface area contributed by atoms with Gasteiger partial charge in [-0.1, -0.05) is 66.7 Å². The van der Waals surface area contributed by atoms with Crippen LogP contribution in [0.1, 0.15) is 27.0 Å². The summed E-state index contributed by atoms with van der Waals surface area (Å²) in [4.78, 5) is 29.4. The molecule has 1 amide bonds. The standard InChI is InChI=1S/C26H24N2O2/c1-18-8-5-6-13-22(18)26(30)28-23(16-19-9-3-2-4-10-19)24(29)17-21-12-7-11-20-14-15-27-25(20)21/h2-15,23,27H,16-17H2,1H3,(H,28,30).